The first-order valence-electron chi connectivity index (χ1n) is 4.32. The van der Waals surface area contributed by atoms with Gasteiger partial charge in [-0.25, -0.2) is 14.4 Å². The van der Waals surface area contributed by atoms with E-state index in [9.17, 15) is 4.39 Å². The topological polar surface area (TPSA) is 25.8 Å². The van der Waals surface area contributed by atoms with Gasteiger partial charge in [-0.3, -0.25) is 0 Å². The number of aryl methyl sites for hydroxylation is 1. The zero-order valence-electron chi connectivity index (χ0n) is 7.59. The summed E-state index contributed by atoms with van der Waals surface area (Å²) in [5.74, 6) is -0.311. The maximum atomic E-state index is 12.9. The van der Waals surface area contributed by atoms with Crippen LogP contribution in [-0.2, 0) is 6.42 Å². The average Bonchev–Trinajstić information content (AvgIpc) is 2.15. The molecule has 0 saturated heterocycles. The molecule has 0 aliphatic rings. The Morgan fingerprint density at radius 2 is 2.14 bits per heavy atom. The van der Waals surface area contributed by atoms with Crippen LogP contribution in [0.15, 0.2) is 18.2 Å². The molecule has 72 valence electrons. The van der Waals surface area contributed by atoms with Gasteiger partial charge in [0.2, 0.25) is 5.28 Å². The quantitative estimate of drug-likeness (QED) is 0.677. The summed E-state index contributed by atoms with van der Waals surface area (Å²) in [4.78, 5) is 8.04. The molecular weight excluding hydrogens is 203 g/mol. The monoisotopic (exact) mass is 210 g/mol. The van der Waals surface area contributed by atoms with Crippen molar-refractivity contribution in [1.29, 1.82) is 0 Å². The van der Waals surface area contributed by atoms with Crippen LogP contribution in [0.5, 0.6) is 0 Å². The highest BCUT2D eigenvalue weighted by Crippen LogP contribution is 2.19. The molecule has 1 aromatic heterocycles. The number of rotatable bonds is 1. The van der Waals surface area contributed by atoms with Crippen molar-refractivity contribution in [1.82, 2.24) is 9.97 Å². The predicted octanol–water partition coefficient (Wildman–Crippen LogP) is 2.98. The van der Waals surface area contributed by atoms with Crippen LogP contribution in [0.3, 0.4) is 0 Å². The Balaban J connectivity index is 2.81. The molecule has 14 heavy (non-hydrogen) atoms. The van der Waals surface area contributed by atoms with E-state index >= 15 is 0 Å². The van der Waals surface area contributed by atoms with Gasteiger partial charge in [0, 0.05) is 11.5 Å². The molecule has 0 N–H and O–H groups in total. The van der Waals surface area contributed by atoms with Crippen LogP contribution in [-0.4, -0.2) is 9.97 Å². The van der Waals surface area contributed by atoms with E-state index in [0.29, 0.717) is 5.52 Å². The summed E-state index contributed by atoms with van der Waals surface area (Å²) < 4.78 is 12.9. The molecule has 0 bridgehead atoms. The van der Waals surface area contributed by atoms with Gasteiger partial charge in [0.25, 0.3) is 0 Å². The van der Waals surface area contributed by atoms with E-state index in [1.165, 1.54) is 12.1 Å². The summed E-state index contributed by atoms with van der Waals surface area (Å²) in [6.07, 6.45) is 0.754. The largest absolute Gasteiger partial charge is 0.223 e. The average molecular weight is 211 g/mol. The normalized spacial score (nSPS) is 10.8. The Hall–Kier alpha value is -1.22. The van der Waals surface area contributed by atoms with Crippen molar-refractivity contribution in [2.24, 2.45) is 0 Å². The minimum absolute atomic E-state index is 0.167. The van der Waals surface area contributed by atoms with E-state index in [4.69, 9.17) is 11.6 Å². The van der Waals surface area contributed by atoms with Crippen LogP contribution >= 0.6 is 11.6 Å². The molecular formula is C10H8ClFN2. The smallest absolute Gasteiger partial charge is 0.222 e. The third kappa shape index (κ3) is 1.55. The molecule has 4 heteroatoms. The second kappa shape index (κ2) is 3.50. The first kappa shape index (κ1) is 9.34. The third-order valence-corrected chi connectivity index (χ3v) is 2.21. The highest BCUT2D eigenvalue weighted by atomic mass is 35.5. The molecule has 0 aliphatic carbocycles. The molecule has 0 atom stereocenters. The Labute approximate surface area is 85.8 Å². The van der Waals surface area contributed by atoms with Crippen LogP contribution in [0.1, 0.15) is 12.6 Å². The number of nitrogens with zero attached hydrogens (tertiary/aromatic N) is 2. The summed E-state index contributed by atoms with van der Waals surface area (Å²) >= 11 is 5.71. The Kier molecular flexibility index (Phi) is 2.33. The van der Waals surface area contributed by atoms with E-state index in [0.717, 1.165) is 17.5 Å². The Morgan fingerprint density at radius 3 is 2.86 bits per heavy atom. The molecule has 0 spiro atoms. The lowest BCUT2D eigenvalue weighted by Crippen LogP contribution is -1.94. The van der Waals surface area contributed by atoms with Gasteiger partial charge in [-0.15, -0.1) is 0 Å². The minimum Gasteiger partial charge on any atom is -0.222 e. The fourth-order valence-electron chi connectivity index (χ4n) is 1.41. The number of halogens is 2. The van der Waals surface area contributed by atoms with Gasteiger partial charge in [-0.05, 0) is 30.2 Å². The van der Waals surface area contributed by atoms with Gasteiger partial charge in [0.15, 0.2) is 0 Å². The number of hydrogen-bond acceptors (Lipinski definition) is 2. The standard InChI is InChI=1S/C10H8ClFN2/c1-2-8-7-4-3-6(12)5-9(7)14-10(11)13-8/h3-5H,2H2,1H3. The Morgan fingerprint density at radius 1 is 1.36 bits per heavy atom. The minimum atomic E-state index is -0.311. The second-order valence-electron chi connectivity index (χ2n) is 2.95. The molecule has 0 fully saturated rings. The van der Waals surface area contributed by atoms with E-state index in [1.54, 1.807) is 6.07 Å². The third-order valence-electron chi connectivity index (χ3n) is 2.05. The van der Waals surface area contributed by atoms with Gasteiger partial charge >= 0.3 is 0 Å². The van der Waals surface area contributed by atoms with Crippen molar-refractivity contribution < 1.29 is 4.39 Å². The molecule has 0 aliphatic heterocycles. The van der Waals surface area contributed by atoms with E-state index in [1.807, 2.05) is 6.92 Å². The van der Waals surface area contributed by atoms with Crippen molar-refractivity contribution in [3.63, 3.8) is 0 Å². The highest BCUT2D eigenvalue weighted by Gasteiger charge is 2.05. The maximum Gasteiger partial charge on any atom is 0.223 e. The fraction of sp³-hybridized carbons (Fsp3) is 0.200. The molecule has 2 rings (SSSR count). The number of fused-ring (bicyclic) bond motifs is 1. The Bertz CT molecular complexity index is 480. The first-order chi connectivity index (χ1) is 6.70. The lowest BCUT2D eigenvalue weighted by atomic mass is 10.1. The van der Waals surface area contributed by atoms with Crippen LogP contribution < -0.4 is 0 Å². The lowest BCUT2D eigenvalue weighted by Gasteiger charge is -2.03. The van der Waals surface area contributed by atoms with Gasteiger partial charge < -0.3 is 0 Å². The maximum absolute atomic E-state index is 12.9. The van der Waals surface area contributed by atoms with Gasteiger partial charge in [0.1, 0.15) is 5.82 Å². The van der Waals surface area contributed by atoms with Gasteiger partial charge in [-0.2, -0.15) is 0 Å². The SMILES string of the molecule is CCc1nc(Cl)nc2cc(F)ccc12. The summed E-state index contributed by atoms with van der Waals surface area (Å²) in [5, 5.41) is 1.03. The molecule has 0 unspecified atom stereocenters. The summed E-state index contributed by atoms with van der Waals surface area (Å²) in [5.41, 5.74) is 1.40. The predicted molar refractivity (Wildman–Crippen MR) is 53.9 cm³/mol. The van der Waals surface area contributed by atoms with Gasteiger partial charge in [0.05, 0.1) is 11.2 Å². The van der Waals surface area contributed by atoms with Crippen molar-refractivity contribution in [2.75, 3.05) is 0 Å². The second-order valence-corrected chi connectivity index (χ2v) is 3.29. The summed E-state index contributed by atoms with van der Waals surface area (Å²) in [7, 11) is 0. The molecule has 0 amide bonds. The molecule has 1 aromatic carbocycles. The molecule has 2 aromatic rings. The summed E-state index contributed by atoms with van der Waals surface area (Å²) in [6, 6.07) is 4.45. The van der Waals surface area contributed by atoms with Crippen molar-refractivity contribution in [3.8, 4) is 0 Å². The number of benzene rings is 1. The zero-order valence-corrected chi connectivity index (χ0v) is 8.35. The van der Waals surface area contributed by atoms with Crippen LogP contribution in [0.2, 0.25) is 5.28 Å². The van der Waals surface area contributed by atoms with Crippen molar-refractivity contribution in [2.45, 2.75) is 13.3 Å². The van der Waals surface area contributed by atoms with Crippen molar-refractivity contribution in [3.05, 3.63) is 35.0 Å². The summed E-state index contributed by atoms with van der Waals surface area (Å²) in [6.45, 7) is 1.97. The van der Waals surface area contributed by atoms with E-state index in [2.05, 4.69) is 9.97 Å². The molecule has 2 nitrogen and oxygen atoms in total. The van der Waals surface area contributed by atoms with Crippen LogP contribution in [0.4, 0.5) is 4.39 Å². The number of aromatic nitrogens is 2. The van der Waals surface area contributed by atoms with E-state index < -0.39 is 0 Å². The molecule has 1 heterocycles. The van der Waals surface area contributed by atoms with Crippen molar-refractivity contribution >= 4 is 22.5 Å². The fourth-order valence-corrected chi connectivity index (χ4v) is 1.60. The first-order valence-corrected chi connectivity index (χ1v) is 4.70. The van der Waals surface area contributed by atoms with Crippen LogP contribution in [0, 0.1) is 5.82 Å². The molecule has 0 saturated carbocycles. The van der Waals surface area contributed by atoms with Gasteiger partial charge in [-0.1, -0.05) is 6.92 Å². The zero-order chi connectivity index (χ0) is 10.1. The molecule has 0 radical (unpaired) electrons. The lowest BCUT2D eigenvalue weighted by molar-refractivity contribution is 0.629. The highest BCUT2D eigenvalue weighted by molar-refractivity contribution is 6.28. The van der Waals surface area contributed by atoms with Crippen LogP contribution in [0.25, 0.3) is 10.9 Å². The van der Waals surface area contributed by atoms with E-state index in [-0.39, 0.29) is 11.1 Å². The number of hydrogen-bond donors (Lipinski definition) is 0.